The first-order valence-corrected chi connectivity index (χ1v) is 8.38. The highest BCUT2D eigenvalue weighted by molar-refractivity contribution is 5.94. The van der Waals surface area contributed by atoms with Crippen LogP contribution in [0.4, 0.5) is 4.39 Å². The largest absolute Gasteiger partial charge is 0.481 e. The third-order valence-electron chi connectivity index (χ3n) is 4.53. The van der Waals surface area contributed by atoms with Crippen molar-refractivity contribution in [3.8, 4) is 5.69 Å². The van der Waals surface area contributed by atoms with Crippen LogP contribution in [0.2, 0.25) is 0 Å². The van der Waals surface area contributed by atoms with Crippen LogP contribution in [0.1, 0.15) is 42.5 Å². The third-order valence-corrected chi connectivity index (χ3v) is 4.53. The molecule has 0 spiro atoms. The maximum atomic E-state index is 14.4. The number of carbonyl (C=O) groups is 2. The van der Waals surface area contributed by atoms with Crippen LogP contribution < -0.4 is 0 Å². The van der Waals surface area contributed by atoms with Gasteiger partial charge in [0.05, 0.1) is 0 Å². The molecule has 7 heteroatoms. The Balaban J connectivity index is 1.79. The lowest BCUT2D eigenvalue weighted by molar-refractivity contribution is -0.137. The first-order chi connectivity index (χ1) is 12.1. The molecule has 3 rings (SSSR count). The van der Waals surface area contributed by atoms with E-state index in [9.17, 15) is 14.0 Å². The van der Waals surface area contributed by atoms with E-state index in [1.807, 2.05) is 0 Å². The molecular formula is C18H20FN3O3. The number of hydrogen-bond donors (Lipinski definition) is 1. The molecule has 132 valence electrons. The second-order valence-corrected chi connectivity index (χ2v) is 6.20. The van der Waals surface area contributed by atoms with Crippen molar-refractivity contribution in [2.75, 3.05) is 6.54 Å². The lowest BCUT2D eigenvalue weighted by Crippen LogP contribution is -2.44. The number of rotatable bonds is 5. The first kappa shape index (κ1) is 17.1. The Morgan fingerprint density at radius 2 is 2.16 bits per heavy atom. The summed E-state index contributed by atoms with van der Waals surface area (Å²) in [6.45, 7) is 0.575. The zero-order valence-electron chi connectivity index (χ0n) is 13.8. The molecule has 1 aliphatic heterocycles. The molecule has 2 aromatic rings. The predicted molar refractivity (Wildman–Crippen MR) is 89.1 cm³/mol. The molecule has 0 saturated carbocycles. The van der Waals surface area contributed by atoms with Crippen molar-refractivity contribution in [1.82, 2.24) is 14.7 Å². The summed E-state index contributed by atoms with van der Waals surface area (Å²) in [6, 6.07) is 5.93. The van der Waals surface area contributed by atoms with Gasteiger partial charge in [-0.2, -0.15) is 5.10 Å². The lowest BCUT2D eigenvalue weighted by atomic mass is 9.97. The van der Waals surface area contributed by atoms with Gasteiger partial charge in [0, 0.05) is 37.0 Å². The standard InChI is InChI=1S/C18H20FN3O3/c19-15-12-13(5-7-16(15)22-11-3-9-20-22)18(25)21-10-2-1-4-14(21)6-8-17(23)24/h3,5,7,9,11-12,14H,1-2,4,6,8,10H2,(H,23,24)/t14-/m1/s1. The number of benzene rings is 1. The lowest BCUT2D eigenvalue weighted by Gasteiger charge is -2.35. The molecule has 2 heterocycles. The van der Waals surface area contributed by atoms with Crippen molar-refractivity contribution < 1.29 is 19.1 Å². The van der Waals surface area contributed by atoms with Gasteiger partial charge < -0.3 is 10.0 Å². The third kappa shape index (κ3) is 3.87. The van der Waals surface area contributed by atoms with Gasteiger partial charge in [-0.3, -0.25) is 9.59 Å². The summed E-state index contributed by atoms with van der Waals surface area (Å²) < 4.78 is 15.8. The quantitative estimate of drug-likeness (QED) is 0.904. The molecule has 1 fully saturated rings. The number of halogens is 1. The Morgan fingerprint density at radius 1 is 1.32 bits per heavy atom. The zero-order valence-corrected chi connectivity index (χ0v) is 13.8. The molecule has 0 bridgehead atoms. The van der Waals surface area contributed by atoms with Gasteiger partial charge in [0.1, 0.15) is 11.5 Å². The van der Waals surface area contributed by atoms with Crippen LogP contribution >= 0.6 is 0 Å². The van der Waals surface area contributed by atoms with Crippen molar-refractivity contribution >= 4 is 11.9 Å². The average Bonchev–Trinajstić information content (AvgIpc) is 3.13. The molecule has 6 nitrogen and oxygen atoms in total. The smallest absolute Gasteiger partial charge is 0.303 e. The zero-order chi connectivity index (χ0) is 17.8. The molecule has 1 N–H and O–H groups in total. The van der Waals surface area contributed by atoms with Crippen molar-refractivity contribution in [2.45, 2.75) is 38.1 Å². The van der Waals surface area contributed by atoms with E-state index in [0.29, 0.717) is 13.0 Å². The summed E-state index contributed by atoms with van der Waals surface area (Å²) in [4.78, 5) is 25.3. The summed E-state index contributed by atoms with van der Waals surface area (Å²) in [5, 5.41) is 12.9. The van der Waals surface area contributed by atoms with Crippen molar-refractivity contribution in [2.24, 2.45) is 0 Å². The summed E-state index contributed by atoms with van der Waals surface area (Å²) in [5.74, 6) is -1.64. The molecule has 1 saturated heterocycles. The van der Waals surface area contributed by atoms with Crippen LogP contribution in [-0.2, 0) is 4.79 Å². The molecule has 25 heavy (non-hydrogen) atoms. The molecule has 1 aromatic heterocycles. The van der Waals surface area contributed by atoms with E-state index in [1.165, 1.54) is 16.8 Å². The van der Waals surface area contributed by atoms with Crippen molar-refractivity contribution in [1.29, 1.82) is 0 Å². The van der Waals surface area contributed by atoms with Gasteiger partial charge in [-0.05, 0) is 49.9 Å². The van der Waals surface area contributed by atoms with E-state index < -0.39 is 11.8 Å². The number of piperidine rings is 1. The van der Waals surface area contributed by atoms with Crippen LogP contribution in [0, 0.1) is 5.82 Å². The monoisotopic (exact) mass is 345 g/mol. The van der Waals surface area contributed by atoms with E-state index in [2.05, 4.69) is 5.10 Å². The summed E-state index contributed by atoms with van der Waals surface area (Å²) in [5.41, 5.74) is 0.554. The van der Waals surface area contributed by atoms with Crippen LogP contribution in [0.15, 0.2) is 36.7 Å². The Hall–Kier alpha value is -2.70. The van der Waals surface area contributed by atoms with E-state index in [-0.39, 0.29) is 29.6 Å². The minimum absolute atomic E-state index is 0.0288. The SMILES string of the molecule is O=C(O)CC[C@H]1CCCCN1C(=O)c1ccc(-n2cccn2)c(F)c1. The topological polar surface area (TPSA) is 75.4 Å². The highest BCUT2D eigenvalue weighted by Crippen LogP contribution is 2.24. The Morgan fingerprint density at radius 3 is 2.84 bits per heavy atom. The minimum Gasteiger partial charge on any atom is -0.481 e. The highest BCUT2D eigenvalue weighted by Gasteiger charge is 2.28. The first-order valence-electron chi connectivity index (χ1n) is 8.38. The minimum atomic E-state index is -0.868. The normalized spacial score (nSPS) is 17.5. The Bertz CT molecular complexity index is 761. The molecule has 1 amide bonds. The summed E-state index contributed by atoms with van der Waals surface area (Å²) >= 11 is 0. The Kier molecular flexibility index (Phi) is 5.11. The number of amides is 1. The van der Waals surface area contributed by atoms with Gasteiger partial charge in [0.25, 0.3) is 5.91 Å². The van der Waals surface area contributed by atoms with E-state index >= 15 is 0 Å². The molecular weight excluding hydrogens is 325 g/mol. The van der Waals surface area contributed by atoms with Gasteiger partial charge in [0.2, 0.25) is 0 Å². The number of hydrogen-bond acceptors (Lipinski definition) is 3. The molecule has 0 unspecified atom stereocenters. The van der Waals surface area contributed by atoms with Crippen LogP contribution in [0.5, 0.6) is 0 Å². The molecule has 1 aromatic carbocycles. The molecule has 1 aliphatic rings. The number of aliphatic carboxylic acids is 1. The molecule has 0 aliphatic carbocycles. The maximum absolute atomic E-state index is 14.4. The van der Waals surface area contributed by atoms with Crippen molar-refractivity contribution in [3.63, 3.8) is 0 Å². The summed E-state index contributed by atoms with van der Waals surface area (Å²) in [6.07, 6.45) is 6.28. The number of nitrogens with zero attached hydrogens (tertiary/aromatic N) is 3. The van der Waals surface area contributed by atoms with Crippen LogP contribution in [-0.4, -0.2) is 44.3 Å². The average molecular weight is 345 g/mol. The maximum Gasteiger partial charge on any atom is 0.303 e. The van der Waals surface area contributed by atoms with Gasteiger partial charge in [-0.1, -0.05) is 0 Å². The fraction of sp³-hybridized carbons (Fsp3) is 0.389. The number of carboxylic acid groups (broad SMARTS) is 1. The van der Waals surface area contributed by atoms with Gasteiger partial charge in [-0.25, -0.2) is 9.07 Å². The second-order valence-electron chi connectivity index (χ2n) is 6.20. The van der Waals surface area contributed by atoms with Crippen LogP contribution in [0.3, 0.4) is 0 Å². The molecule has 0 radical (unpaired) electrons. The number of aromatic nitrogens is 2. The fourth-order valence-corrected chi connectivity index (χ4v) is 3.26. The number of carbonyl (C=O) groups excluding carboxylic acids is 1. The second kappa shape index (κ2) is 7.46. The summed E-state index contributed by atoms with van der Waals surface area (Å²) in [7, 11) is 0. The van der Waals surface area contributed by atoms with Gasteiger partial charge in [-0.15, -0.1) is 0 Å². The highest BCUT2D eigenvalue weighted by atomic mass is 19.1. The van der Waals surface area contributed by atoms with E-state index in [1.54, 1.807) is 29.4 Å². The molecule has 1 atom stereocenters. The predicted octanol–water partition coefficient (Wildman–Crippen LogP) is 2.87. The number of carboxylic acids is 1. The van der Waals surface area contributed by atoms with Crippen molar-refractivity contribution in [3.05, 3.63) is 48.0 Å². The Labute approximate surface area is 144 Å². The van der Waals surface area contributed by atoms with E-state index in [0.717, 1.165) is 19.3 Å². The van der Waals surface area contributed by atoms with E-state index in [4.69, 9.17) is 5.11 Å². The van der Waals surface area contributed by atoms with Crippen LogP contribution in [0.25, 0.3) is 5.69 Å². The van der Waals surface area contributed by atoms with Gasteiger partial charge >= 0.3 is 5.97 Å². The van der Waals surface area contributed by atoms with Gasteiger partial charge in [0.15, 0.2) is 0 Å². The fourth-order valence-electron chi connectivity index (χ4n) is 3.26. The number of likely N-dealkylation sites (tertiary alicyclic amines) is 1.